The van der Waals surface area contributed by atoms with Gasteiger partial charge in [0.2, 0.25) is 5.75 Å². The summed E-state index contributed by atoms with van der Waals surface area (Å²) in [6, 6.07) is 0. The van der Waals surface area contributed by atoms with Crippen LogP contribution >= 0.6 is 9.47 Å². The Labute approximate surface area is 112 Å². The first kappa shape index (κ1) is 12.6. The van der Waals surface area contributed by atoms with Gasteiger partial charge in [0.15, 0.2) is 5.69 Å². The highest BCUT2D eigenvalue weighted by Crippen LogP contribution is 2.53. The van der Waals surface area contributed by atoms with Crippen LogP contribution in [0.5, 0.6) is 5.75 Å². The van der Waals surface area contributed by atoms with E-state index in [-0.39, 0.29) is 29.0 Å². The van der Waals surface area contributed by atoms with E-state index in [2.05, 4.69) is 4.98 Å². The fourth-order valence-corrected chi connectivity index (χ4v) is 2.87. The Bertz CT molecular complexity index is 606. The topological polar surface area (TPSA) is 70.4 Å². The number of carbonyl (C=O) groups is 1. The van der Waals surface area contributed by atoms with Crippen molar-refractivity contribution in [3.05, 3.63) is 21.9 Å². The lowest BCUT2D eigenvalue weighted by molar-refractivity contribution is 0.0516. The first-order chi connectivity index (χ1) is 9.13. The molecule has 1 aromatic heterocycles. The summed E-state index contributed by atoms with van der Waals surface area (Å²) in [5.41, 5.74) is -0.298. The molecule has 19 heavy (non-hydrogen) atoms. The minimum absolute atomic E-state index is 0.0127. The summed E-state index contributed by atoms with van der Waals surface area (Å²) >= 11 is 0. The van der Waals surface area contributed by atoms with Crippen LogP contribution in [-0.2, 0) is 16.7 Å². The molecule has 1 atom stereocenters. The highest BCUT2D eigenvalue weighted by atomic mass is 31.0. The molecule has 0 aromatic carbocycles. The van der Waals surface area contributed by atoms with Crippen molar-refractivity contribution in [3.8, 4) is 5.75 Å². The maximum atomic E-state index is 12.3. The van der Waals surface area contributed by atoms with Crippen molar-refractivity contribution in [1.82, 2.24) is 9.55 Å². The molecule has 7 heteroatoms. The van der Waals surface area contributed by atoms with Gasteiger partial charge in [-0.3, -0.25) is 9.36 Å². The molecule has 1 spiro atoms. The summed E-state index contributed by atoms with van der Waals surface area (Å²) in [4.78, 5) is 28.6. The number of ether oxygens (including phenoxy) is 1. The lowest BCUT2D eigenvalue weighted by Gasteiger charge is -2.12. The van der Waals surface area contributed by atoms with Crippen molar-refractivity contribution in [1.29, 1.82) is 0 Å². The molecule has 3 rings (SSSR count). The van der Waals surface area contributed by atoms with Crippen LogP contribution < -0.4 is 10.1 Å². The van der Waals surface area contributed by atoms with Crippen LogP contribution in [-0.4, -0.2) is 22.1 Å². The fraction of sp³-hybridized carbons (Fsp3) is 0.583. The van der Waals surface area contributed by atoms with E-state index in [0.717, 1.165) is 19.3 Å². The van der Waals surface area contributed by atoms with E-state index in [1.165, 1.54) is 0 Å². The number of fused-ring (bicyclic) bond motifs is 2. The highest BCUT2D eigenvalue weighted by molar-refractivity contribution is 7.10. The first-order valence-corrected chi connectivity index (χ1v) is 6.79. The van der Waals surface area contributed by atoms with Gasteiger partial charge in [-0.1, -0.05) is 0 Å². The summed E-state index contributed by atoms with van der Waals surface area (Å²) in [7, 11) is 1.99. The van der Waals surface area contributed by atoms with Crippen LogP contribution in [0.2, 0.25) is 0 Å². The smallest absolute Gasteiger partial charge is 0.361 e. The standard InChI is InChI=1S/C12H15N2O4P/c1-2-17-10(16)7-8(18-19)9(15)14-6-5-12(3-4-12)11(14)13-7/h2-6,19H2,1H3. The molecule has 1 aromatic rings. The quantitative estimate of drug-likeness (QED) is 0.611. The van der Waals surface area contributed by atoms with Crippen LogP contribution in [0.4, 0.5) is 0 Å². The number of aromatic nitrogens is 2. The first-order valence-electron chi connectivity index (χ1n) is 6.32. The monoisotopic (exact) mass is 282 g/mol. The Morgan fingerprint density at radius 2 is 2.21 bits per heavy atom. The van der Waals surface area contributed by atoms with E-state index >= 15 is 0 Å². The molecule has 6 nitrogen and oxygen atoms in total. The van der Waals surface area contributed by atoms with Gasteiger partial charge < -0.3 is 9.26 Å². The van der Waals surface area contributed by atoms with Crippen LogP contribution in [0.1, 0.15) is 42.5 Å². The van der Waals surface area contributed by atoms with Crippen molar-refractivity contribution >= 4 is 15.4 Å². The Hall–Kier alpha value is -1.42. The van der Waals surface area contributed by atoms with E-state index < -0.39 is 5.97 Å². The van der Waals surface area contributed by atoms with Gasteiger partial charge in [0.05, 0.1) is 16.1 Å². The zero-order valence-electron chi connectivity index (χ0n) is 10.6. The van der Waals surface area contributed by atoms with Crippen LogP contribution in [0, 0.1) is 0 Å². The molecule has 1 fully saturated rings. The largest absolute Gasteiger partial charge is 0.472 e. The third-order valence-corrected chi connectivity index (χ3v) is 4.09. The Balaban J connectivity index is 2.17. The zero-order chi connectivity index (χ0) is 13.6. The molecule has 1 unspecified atom stereocenters. The molecular weight excluding hydrogens is 267 g/mol. The van der Waals surface area contributed by atoms with Crippen LogP contribution in [0.25, 0.3) is 0 Å². The molecule has 0 N–H and O–H groups in total. The molecule has 1 aliphatic heterocycles. The normalized spacial score (nSPS) is 18.2. The van der Waals surface area contributed by atoms with Crippen molar-refractivity contribution in [2.75, 3.05) is 6.61 Å². The van der Waals surface area contributed by atoms with E-state index in [0.29, 0.717) is 12.4 Å². The Morgan fingerprint density at radius 1 is 1.47 bits per heavy atom. The molecule has 1 aliphatic carbocycles. The molecular formula is C12H15N2O4P. The van der Waals surface area contributed by atoms with Crippen molar-refractivity contribution in [2.24, 2.45) is 0 Å². The average Bonchev–Trinajstić information content (AvgIpc) is 3.07. The predicted molar refractivity (Wildman–Crippen MR) is 70.3 cm³/mol. The molecule has 102 valence electrons. The van der Waals surface area contributed by atoms with Crippen LogP contribution in [0.3, 0.4) is 0 Å². The van der Waals surface area contributed by atoms with E-state index in [4.69, 9.17) is 9.26 Å². The van der Waals surface area contributed by atoms with Crippen molar-refractivity contribution in [2.45, 2.75) is 38.1 Å². The van der Waals surface area contributed by atoms with Gasteiger partial charge in [-0.05, 0) is 26.2 Å². The average molecular weight is 282 g/mol. The summed E-state index contributed by atoms with van der Waals surface area (Å²) in [6.07, 6.45) is 2.98. The Kier molecular flexibility index (Phi) is 2.86. The maximum absolute atomic E-state index is 12.3. The molecule has 0 bridgehead atoms. The van der Waals surface area contributed by atoms with Crippen LogP contribution in [0.15, 0.2) is 4.79 Å². The fourth-order valence-electron chi connectivity index (χ4n) is 2.66. The second-order valence-corrected chi connectivity index (χ2v) is 5.17. The second-order valence-electron chi connectivity index (χ2n) is 4.94. The van der Waals surface area contributed by atoms with Crippen molar-refractivity contribution in [3.63, 3.8) is 0 Å². The number of esters is 1. The number of carbonyl (C=O) groups excluding carboxylic acids is 1. The molecule has 2 aliphatic rings. The van der Waals surface area contributed by atoms with Gasteiger partial charge >= 0.3 is 5.97 Å². The highest BCUT2D eigenvalue weighted by Gasteiger charge is 2.51. The number of rotatable bonds is 3. The third-order valence-electron chi connectivity index (χ3n) is 3.86. The van der Waals surface area contributed by atoms with E-state index in [9.17, 15) is 9.59 Å². The molecule has 0 saturated heterocycles. The molecule has 2 heterocycles. The predicted octanol–water partition coefficient (Wildman–Crippen LogP) is 1.02. The summed E-state index contributed by atoms with van der Waals surface area (Å²) in [5, 5.41) is 0. The minimum atomic E-state index is -0.608. The lowest BCUT2D eigenvalue weighted by atomic mass is 10.1. The molecule has 0 amide bonds. The number of hydrogen-bond donors (Lipinski definition) is 0. The number of hydrogen-bond acceptors (Lipinski definition) is 5. The second kappa shape index (κ2) is 4.30. The van der Waals surface area contributed by atoms with Gasteiger partial charge in [-0.25, -0.2) is 9.78 Å². The van der Waals surface area contributed by atoms with E-state index in [1.807, 2.05) is 9.47 Å². The summed E-state index contributed by atoms with van der Waals surface area (Å²) < 4.78 is 11.5. The summed E-state index contributed by atoms with van der Waals surface area (Å²) in [5.74, 6) is 0.0550. The third kappa shape index (κ3) is 1.77. The van der Waals surface area contributed by atoms with Crippen molar-refractivity contribution < 1.29 is 14.1 Å². The lowest BCUT2D eigenvalue weighted by Crippen LogP contribution is -2.27. The van der Waals surface area contributed by atoms with Gasteiger partial charge in [0.1, 0.15) is 5.82 Å². The maximum Gasteiger partial charge on any atom is 0.361 e. The van der Waals surface area contributed by atoms with Gasteiger partial charge in [0, 0.05) is 12.0 Å². The minimum Gasteiger partial charge on any atom is -0.472 e. The van der Waals surface area contributed by atoms with E-state index in [1.54, 1.807) is 11.5 Å². The Morgan fingerprint density at radius 3 is 2.79 bits per heavy atom. The van der Waals surface area contributed by atoms with Gasteiger partial charge in [0.25, 0.3) is 5.56 Å². The molecule has 0 radical (unpaired) electrons. The summed E-state index contributed by atoms with van der Waals surface area (Å²) in [6.45, 7) is 2.59. The SMILES string of the molecule is CCOC(=O)c1nc2n(c(=O)c1OP)CCC21CC1. The molecule has 1 saturated carbocycles. The van der Waals surface area contributed by atoms with Gasteiger partial charge in [-0.2, -0.15) is 0 Å². The van der Waals surface area contributed by atoms with Gasteiger partial charge in [-0.15, -0.1) is 0 Å². The zero-order valence-corrected chi connectivity index (χ0v) is 11.8. The number of nitrogens with zero attached hydrogens (tertiary/aromatic N) is 2.